The van der Waals surface area contributed by atoms with Gasteiger partial charge in [0.25, 0.3) is 0 Å². The van der Waals surface area contributed by atoms with Gasteiger partial charge in [-0.15, -0.1) is 0 Å². The maximum absolute atomic E-state index is 16.9. The minimum atomic E-state index is -5.00. The normalized spacial score (nSPS) is 25.1. The van der Waals surface area contributed by atoms with Crippen LogP contribution in [0.1, 0.15) is 151 Å². The van der Waals surface area contributed by atoms with Gasteiger partial charge in [-0.25, -0.2) is 87.7 Å². The molecule has 0 aliphatic carbocycles. The first kappa shape index (κ1) is 92.2. The predicted molar refractivity (Wildman–Crippen MR) is 407 cm³/mol. The number of carbonyl (C=O) groups is 4. The monoisotopic (exact) mass is 1810 g/mol. The van der Waals surface area contributed by atoms with Gasteiger partial charge in [-0.05, 0) is 130 Å². The smallest absolute Gasteiger partial charge is 0.476 e. The largest absolute Gasteiger partial charge is 0.510 e. The molecule has 0 aromatic carbocycles. The molecule has 6 aromatic heterocycles. The number of anilines is 3. The van der Waals surface area contributed by atoms with Crippen molar-refractivity contribution in [2.24, 2.45) is 17.8 Å². The number of ether oxygens (including phenoxy) is 14. The van der Waals surface area contributed by atoms with E-state index in [-0.39, 0.29) is 122 Å². The van der Waals surface area contributed by atoms with E-state index in [2.05, 4.69) is 89.8 Å². The molecule has 688 valence electrons. The first-order valence-corrected chi connectivity index (χ1v) is 40.7. The zero-order valence-electron chi connectivity index (χ0n) is 74.0. The van der Waals surface area contributed by atoms with Crippen LogP contribution in [-0.4, -0.2) is 267 Å². The third-order valence-electron chi connectivity index (χ3n) is 17.5. The van der Waals surface area contributed by atoms with E-state index in [1.807, 2.05) is 0 Å². The van der Waals surface area contributed by atoms with Crippen molar-refractivity contribution in [3.63, 3.8) is 0 Å². The molecule has 9 rings (SSSR count). The van der Waals surface area contributed by atoms with Crippen molar-refractivity contribution in [2.45, 2.75) is 208 Å². The summed E-state index contributed by atoms with van der Waals surface area (Å²) >= 11 is 0. The number of carbonyl (C=O) groups excluding carboxylic acids is 4. The van der Waals surface area contributed by atoms with E-state index >= 15 is 26.3 Å². The van der Waals surface area contributed by atoms with Gasteiger partial charge in [0.1, 0.15) is 19.8 Å². The van der Waals surface area contributed by atoms with E-state index in [0.717, 1.165) is 35.6 Å². The lowest BCUT2D eigenvalue weighted by Crippen LogP contribution is -2.42. The lowest BCUT2D eigenvalue weighted by molar-refractivity contribution is -0.195. The molecule has 3 aliphatic heterocycles. The van der Waals surface area contributed by atoms with E-state index in [4.69, 9.17) is 87.3 Å². The van der Waals surface area contributed by atoms with Crippen molar-refractivity contribution < 1.29 is 171 Å². The highest BCUT2D eigenvalue weighted by atomic mass is 31.2. The zero-order chi connectivity index (χ0) is 94.0. The molecule has 0 unspecified atom stereocenters. The first-order chi connectivity index (χ1) is 59.9. The molecule has 0 radical (unpaired) electrons. The fraction of sp³-hybridized carbons (Fsp3) is 0.725. The average molecular weight is 1810 g/mol. The molecule has 45 nitrogen and oxygen atoms in total. The van der Waals surface area contributed by atoms with E-state index in [1.165, 1.54) is 73.2 Å². The topological polar surface area (TPSA) is 549 Å². The maximum atomic E-state index is 16.9. The predicted octanol–water partition coefficient (Wildman–Crippen LogP) is 10.3. The summed E-state index contributed by atoms with van der Waals surface area (Å²) in [5, 5.41) is 28.1. The van der Waals surface area contributed by atoms with Gasteiger partial charge in [0.05, 0.1) is 81.0 Å². The number of aliphatic hydroxyl groups excluding tert-OH is 4. The van der Waals surface area contributed by atoms with E-state index < -0.39 is 209 Å². The number of alkyl halides is 6. The van der Waals surface area contributed by atoms with Gasteiger partial charge < -0.3 is 103 Å². The number of halogens is 6. The number of imidazole rings is 3. The fourth-order valence-electron chi connectivity index (χ4n) is 12.5. The van der Waals surface area contributed by atoms with Crippen LogP contribution < -0.4 is 30.6 Å². The number of hydrogen-bond acceptors (Lipinski definition) is 42. The fourth-order valence-corrected chi connectivity index (χ4v) is 14.3. The summed E-state index contributed by atoms with van der Waals surface area (Å²) in [5.41, 5.74) is -1.17. The second-order valence-electron chi connectivity index (χ2n) is 27.9. The quantitative estimate of drug-likeness (QED) is 0.00614. The Bertz CT molecular complexity index is 4590. The molecule has 6 aromatic rings. The number of phosphoric ester groups is 2. The van der Waals surface area contributed by atoms with Crippen LogP contribution >= 0.6 is 15.6 Å². The van der Waals surface area contributed by atoms with Gasteiger partial charge in [-0.2, -0.15) is 29.9 Å². The molecule has 9 heterocycles. The Morgan fingerprint density at radius 2 is 0.787 bits per heavy atom. The summed E-state index contributed by atoms with van der Waals surface area (Å²) in [7, 11) is -9.97. The molecule has 3 fully saturated rings. The summed E-state index contributed by atoms with van der Waals surface area (Å²) in [6.07, 6.45) is -9.73. The number of aliphatic hydroxyl groups is 4. The molecule has 53 heteroatoms. The number of phosphoric acid groups is 2. The summed E-state index contributed by atoms with van der Waals surface area (Å²) in [4.78, 5) is 84.8. The number of nitrogen functional groups attached to an aromatic ring is 1. The summed E-state index contributed by atoms with van der Waals surface area (Å²) < 4.78 is 265. The van der Waals surface area contributed by atoms with Crippen LogP contribution in [0.25, 0.3) is 33.5 Å². The molecule has 0 spiro atoms. The van der Waals surface area contributed by atoms with E-state index in [0.29, 0.717) is 6.61 Å². The van der Waals surface area contributed by atoms with Crippen molar-refractivity contribution >= 4 is 91.6 Å². The van der Waals surface area contributed by atoms with Gasteiger partial charge in [0.2, 0.25) is 84.5 Å². The van der Waals surface area contributed by atoms with Crippen LogP contribution in [0.2, 0.25) is 0 Å². The van der Waals surface area contributed by atoms with Crippen LogP contribution in [0.5, 0.6) is 17.6 Å². The Labute approximate surface area is 701 Å². The van der Waals surface area contributed by atoms with Crippen LogP contribution in [0.15, 0.2) is 19.0 Å². The number of aromatic nitrogens is 12. The van der Waals surface area contributed by atoms with Gasteiger partial charge in [-0.3, -0.25) is 22.7 Å². The van der Waals surface area contributed by atoms with Crippen LogP contribution in [0, 0.1) is 17.8 Å². The highest BCUT2D eigenvalue weighted by Gasteiger charge is 2.67. The second-order valence-corrected chi connectivity index (χ2v) is 31.2. The van der Waals surface area contributed by atoms with Crippen LogP contribution in [-0.2, 0) is 88.4 Å². The summed E-state index contributed by atoms with van der Waals surface area (Å²) in [5.74, 6) is -13.7. The number of hydrogen-bond donors (Lipinski definition) is 7. The van der Waals surface area contributed by atoms with Gasteiger partial charge in [0.15, 0.2) is 69.2 Å². The first-order valence-electron chi connectivity index (χ1n) is 40.5. The van der Waals surface area contributed by atoms with Crippen molar-refractivity contribution in [2.75, 3.05) is 116 Å². The lowest BCUT2D eigenvalue weighted by atomic mass is 9.84. The molecule has 122 heavy (non-hydrogen) atoms. The third-order valence-corrected chi connectivity index (χ3v) is 20.1. The van der Waals surface area contributed by atoms with Crippen molar-refractivity contribution in [3.05, 3.63) is 19.0 Å². The zero-order valence-corrected chi connectivity index (χ0v) is 70.8. The number of nitrogens with two attached hydrogens (primary N) is 1. The molecule has 12 atom stereocenters. The molecule has 0 saturated carbocycles. The number of nitrogens with one attached hydrogen (secondary N) is 2. The van der Waals surface area contributed by atoms with E-state index in [1.54, 1.807) is 20.8 Å². The molecule has 3 aliphatic rings. The highest BCUT2D eigenvalue weighted by molar-refractivity contribution is 7.48. The molecular weight excluding hydrogens is 1690 g/mol. The summed E-state index contributed by atoms with van der Waals surface area (Å²) in [6.45, 7) is 12.7. The minimum absolute atomic E-state index is 0.00413. The molecule has 0 amide bonds. The minimum Gasteiger partial charge on any atom is -0.476 e. The molecule has 0 bridgehead atoms. The second kappa shape index (κ2) is 43.6. The van der Waals surface area contributed by atoms with Gasteiger partial charge >= 0.3 is 40.3 Å². The Balaban J connectivity index is 0.000000269. The molecule has 3 saturated heterocycles. The third kappa shape index (κ3) is 25.0. The summed E-state index contributed by atoms with van der Waals surface area (Å²) in [6, 6.07) is 0. The Kier molecular flexibility index (Phi) is 33.0. The highest BCUT2D eigenvalue weighted by Crippen LogP contribution is 2.60. The van der Waals surface area contributed by atoms with Crippen molar-refractivity contribution in [3.8, 4) is 17.6 Å². The number of nitrogens with zero attached hydrogens (tertiary/aromatic N) is 12. The Morgan fingerprint density at radius 1 is 0.492 bits per heavy atom. The molecule has 8 N–H and O–H groups in total. The van der Waals surface area contributed by atoms with E-state index in [9.17, 15) is 33.4 Å². The van der Waals surface area contributed by atoms with Crippen molar-refractivity contribution in [1.82, 2.24) is 58.6 Å². The Morgan fingerprint density at radius 3 is 1.07 bits per heavy atom. The van der Waals surface area contributed by atoms with Gasteiger partial charge in [0, 0.05) is 35.7 Å². The SMILES string of the molecule is [3H]CCNc1nc(OCC)c2ncn([C@@H]3O[C@](F)(CO)[C@@H](CCO[3H])[C@@]3(C)F)c2n1.[3H]CCNc1nc(OCC)c2ncn([C@@H]3O[C@](F)(COP(=O)(OCOC(=O)OC(C)C)OCOC(=O)OC(C)C)[C@@H](CCO[3H])[C@@]3(C)F)c2n1.[3H]OCC[C@H]1[C@@](C)(F)[C@H](n2cnc3c(OCC)nc(N)nc32)O[C@]1(F)COP(=O)(OCOC(=O)OC(C)C)OCOC(=O)OC(C)C. The van der Waals surface area contributed by atoms with Crippen molar-refractivity contribution in [1.29, 1.82) is 4.29 Å². The van der Waals surface area contributed by atoms with Crippen LogP contribution in [0.3, 0.4) is 0 Å². The van der Waals surface area contributed by atoms with Gasteiger partial charge in [-0.1, -0.05) is 0 Å². The number of fused-ring (bicyclic) bond motifs is 3. The maximum Gasteiger partial charge on any atom is 0.510 e. The number of rotatable bonds is 45. The average Bonchev–Trinajstić information content (AvgIpc) is 1.58. The molecular formula is C69H105F6N15O30P2. The van der Waals surface area contributed by atoms with Crippen LogP contribution in [0.4, 0.5) is 63.4 Å². The Hall–Kier alpha value is -8.95. The standard InChI is InChI=1S/C27H42F2N5O13P.C25H38F2N5O13P.C17H25F2N5O4/c1-8-30-23-32-20-19(21(33-23)39-9-2)31-13-34(20)22-26(7,28)18(10-11-35)27(29,47-22)12-42-48(38,43-14-40-24(36)45-16(3)4)44-15-41-25(37)46-17(5)6;1-7-37-19-17-18(30-21(28)31-19)32(11-29-17)20-24(6,26)16(8-9-33)25(27,45-20)10-40-46(36,41-12-38-22(34)43-14(2)3)42-13-39-23(35)44-15(4)5;1-4-20-15-22-12-11(13(23-15)27-5-2)21-9-24(12)14-16(3,18)10(6-7-25)17(19,8-26)28-14/h13,16-18,22,35H,8-12,14-15H2,1-7H3,(H,30,32,33);11,14-16,20,33H,7-10,12-13H2,1-6H3,(H2,28,30,31);9-10,14,25-26H,4-8H2,1-3H3,(H,20,22,23)/t18-,22+,26+,27+;16-,20+,24+,25+;10-,14+,16+,17+/m000/s1/i1T,35T;33T;1T,25T. The lowest BCUT2D eigenvalue weighted by Gasteiger charge is -2.30.